The molecule has 0 aliphatic carbocycles. The molecule has 0 aromatic heterocycles. The lowest BCUT2D eigenvalue weighted by Crippen LogP contribution is -2.64. The summed E-state index contributed by atoms with van der Waals surface area (Å²) in [6.07, 6.45) is 0. The van der Waals surface area contributed by atoms with Crippen LogP contribution in [-0.4, -0.2) is 13.4 Å². The lowest BCUT2D eigenvalue weighted by atomic mass is 9.29. The minimum absolute atomic E-state index is 0.299. The highest BCUT2D eigenvalue weighted by molar-refractivity contribution is 7.03. The maximum atomic E-state index is 8.07. The molecular weight excluding hydrogens is 1050 g/mol. The van der Waals surface area contributed by atoms with Gasteiger partial charge in [0, 0.05) is 69.0 Å². The third kappa shape index (κ3) is 7.84. The number of fused-ring (bicyclic) bond motifs is 8. The van der Waals surface area contributed by atoms with Crippen LogP contribution in [0.4, 0.5) is 68.2 Å². The largest absolute Gasteiger partial charge is 0.457 e. The Bertz CT molecular complexity index is 4380. The summed E-state index contributed by atoms with van der Waals surface area (Å²) in [7, 11) is 0. The smallest absolute Gasteiger partial charge is 0.257 e. The van der Waals surface area contributed by atoms with Crippen LogP contribution in [0.15, 0.2) is 315 Å². The number of hydrogen-bond acceptors (Lipinski definition) is 6. The van der Waals surface area contributed by atoms with Crippen molar-refractivity contribution >= 4 is 114 Å². The fourth-order valence-corrected chi connectivity index (χ4v) is 14.0. The predicted molar refractivity (Wildman–Crippen MR) is 358 cm³/mol. The van der Waals surface area contributed by atoms with E-state index in [1.165, 1.54) is 10.9 Å². The van der Waals surface area contributed by atoms with Crippen LogP contribution in [0.1, 0.15) is 0 Å². The van der Waals surface area contributed by atoms with Gasteiger partial charge in [0.15, 0.2) is 0 Å². The van der Waals surface area contributed by atoms with Crippen LogP contribution >= 0.6 is 0 Å². The molecule has 0 radical (unpaired) electrons. The van der Waals surface area contributed by atoms with Gasteiger partial charge in [-0.1, -0.05) is 206 Å². The van der Waals surface area contributed by atoms with E-state index in [2.05, 4.69) is 335 Å². The fourth-order valence-electron chi connectivity index (χ4n) is 14.0. The van der Waals surface area contributed by atoms with Crippen LogP contribution in [0.2, 0.25) is 0 Å². The highest BCUT2D eigenvalue weighted by Gasteiger charge is 2.51. The molecule has 0 atom stereocenters. The fraction of sp³-hybridized carbons (Fsp3) is 0. The molecule has 0 saturated carbocycles. The van der Waals surface area contributed by atoms with Crippen molar-refractivity contribution in [2.45, 2.75) is 0 Å². The first-order valence-corrected chi connectivity index (χ1v) is 29.5. The predicted octanol–water partition coefficient (Wildman–Crippen LogP) is 16.8. The molecule has 0 N–H and O–H groups in total. The van der Waals surface area contributed by atoms with Gasteiger partial charge >= 0.3 is 0 Å². The minimum atomic E-state index is -0.299. The van der Waals surface area contributed by atoms with Gasteiger partial charge in [0.05, 0.1) is 16.9 Å². The van der Waals surface area contributed by atoms with Gasteiger partial charge in [-0.3, -0.25) is 0 Å². The van der Waals surface area contributed by atoms with Crippen LogP contribution in [0.3, 0.4) is 0 Å². The monoisotopic (exact) mass is 1100 g/mol. The molecule has 0 fully saturated rings. The van der Waals surface area contributed by atoms with E-state index in [-0.39, 0.29) is 13.4 Å². The quantitative estimate of drug-likeness (QED) is 0.127. The molecule has 13 aromatic carbocycles. The van der Waals surface area contributed by atoms with Crippen LogP contribution in [0.5, 0.6) is 23.0 Å². The Morgan fingerprint density at radius 1 is 0.256 bits per heavy atom. The Morgan fingerprint density at radius 2 is 0.558 bits per heavy atom. The number of para-hydroxylation sites is 8. The zero-order valence-corrected chi connectivity index (χ0v) is 46.8. The first-order chi connectivity index (χ1) is 42.7. The summed E-state index contributed by atoms with van der Waals surface area (Å²) in [5, 5.41) is 0. The number of benzene rings is 13. The van der Waals surface area contributed by atoms with E-state index in [9.17, 15) is 0 Å². The van der Waals surface area contributed by atoms with E-state index < -0.39 is 0 Å². The highest BCUT2D eigenvalue weighted by atomic mass is 16.5. The van der Waals surface area contributed by atoms with Gasteiger partial charge in [0.2, 0.25) is 0 Å². The van der Waals surface area contributed by atoms with Gasteiger partial charge < -0.3 is 29.1 Å². The second kappa shape index (κ2) is 20.3. The van der Waals surface area contributed by atoms with Crippen molar-refractivity contribution in [2.75, 3.05) is 19.6 Å². The standard InChI is InChI=1S/C78H52B2N4O2/c1-9-29-53(30-10-1)71-75-77(85-69-51-61(81(55-33-13-3-14-34-55)56-35-15-4-16-36-56)49-67-73(69)79(75)63-45-25-27-47-65(63)83(67)59-41-21-7-22-42-59)72(54-31-11-2-12-32-54)78-76(71)80-64-46-26-28-48-66(64)84(60-43-23-8-24-44-60)68-50-62(52-70(86-78)74(68)80)82(57-37-17-5-18-38-57)58-39-19-6-20-40-58/h1-52H. The van der Waals surface area contributed by atoms with Crippen LogP contribution in [0, 0.1) is 0 Å². The SMILES string of the molecule is c1ccc(-c2c3c(c(-c4ccccc4)c4c2Oc2cc(N(c5ccccc5)c5ccccc5)cc5c2B4c2ccccc2N5c2ccccc2)B2c4ccccc4N(c4ccccc4)c4cc(N(c5ccccc5)c5ccccc5)cc(c42)O3)cc1. The Balaban J connectivity index is 1.01. The molecule has 4 heterocycles. The molecule has 8 heteroatoms. The van der Waals surface area contributed by atoms with Crippen molar-refractivity contribution in [3.05, 3.63) is 315 Å². The number of ether oxygens (including phenoxy) is 2. The number of rotatable bonds is 10. The first kappa shape index (κ1) is 49.4. The third-order valence-corrected chi connectivity index (χ3v) is 17.5. The van der Waals surface area contributed by atoms with Gasteiger partial charge in [-0.15, -0.1) is 0 Å². The molecule has 0 bridgehead atoms. The Labute approximate surface area is 501 Å². The molecule has 4 aliphatic rings. The van der Waals surface area contributed by atoms with E-state index >= 15 is 0 Å². The van der Waals surface area contributed by atoms with Gasteiger partial charge in [0.25, 0.3) is 13.4 Å². The van der Waals surface area contributed by atoms with Crippen molar-refractivity contribution < 1.29 is 9.47 Å². The molecule has 17 rings (SSSR count). The molecular formula is C78H52B2N4O2. The molecule has 402 valence electrons. The number of nitrogens with zero attached hydrogens (tertiary/aromatic N) is 4. The zero-order chi connectivity index (χ0) is 56.7. The molecule has 13 aromatic rings. The average molecular weight is 1100 g/mol. The summed E-state index contributed by atoms with van der Waals surface area (Å²) in [4.78, 5) is 9.58. The summed E-state index contributed by atoms with van der Waals surface area (Å²) < 4.78 is 16.1. The molecule has 0 amide bonds. The maximum absolute atomic E-state index is 8.07. The van der Waals surface area contributed by atoms with Crippen molar-refractivity contribution in [3.63, 3.8) is 0 Å². The summed E-state index contributed by atoms with van der Waals surface area (Å²) in [5.41, 5.74) is 23.4. The Kier molecular flexibility index (Phi) is 11.7. The zero-order valence-electron chi connectivity index (χ0n) is 46.8. The first-order valence-electron chi connectivity index (χ1n) is 29.5. The van der Waals surface area contributed by atoms with Crippen LogP contribution in [0.25, 0.3) is 22.3 Å². The topological polar surface area (TPSA) is 31.4 Å². The lowest BCUT2D eigenvalue weighted by molar-refractivity contribution is 0.469. The third-order valence-electron chi connectivity index (χ3n) is 17.5. The van der Waals surface area contributed by atoms with Gasteiger partial charge in [-0.25, -0.2) is 0 Å². The second-order valence-electron chi connectivity index (χ2n) is 22.3. The van der Waals surface area contributed by atoms with E-state index in [1.54, 1.807) is 0 Å². The minimum Gasteiger partial charge on any atom is -0.457 e. The molecule has 4 aliphatic heterocycles. The van der Waals surface area contributed by atoms with E-state index in [0.717, 1.165) is 135 Å². The molecule has 0 unspecified atom stereocenters. The molecule has 6 nitrogen and oxygen atoms in total. The summed E-state index contributed by atoms with van der Waals surface area (Å²) in [6, 6.07) is 113. The number of hydrogen-bond donors (Lipinski definition) is 0. The highest BCUT2D eigenvalue weighted by Crippen LogP contribution is 2.53. The lowest BCUT2D eigenvalue weighted by Gasteiger charge is -2.45. The van der Waals surface area contributed by atoms with E-state index in [4.69, 9.17) is 9.47 Å². The van der Waals surface area contributed by atoms with Gasteiger partial charge in [-0.05, 0) is 147 Å². The van der Waals surface area contributed by atoms with Crippen molar-refractivity contribution in [1.29, 1.82) is 0 Å². The summed E-state index contributed by atoms with van der Waals surface area (Å²) in [5.74, 6) is 3.10. The second-order valence-corrected chi connectivity index (χ2v) is 22.3. The van der Waals surface area contributed by atoms with Crippen LogP contribution in [-0.2, 0) is 0 Å². The normalized spacial score (nSPS) is 12.7. The summed E-state index contributed by atoms with van der Waals surface area (Å²) >= 11 is 0. The van der Waals surface area contributed by atoms with Crippen molar-refractivity contribution in [2.24, 2.45) is 0 Å². The van der Waals surface area contributed by atoms with E-state index in [1.807, 2.05) is 0 Å². The van der Waals surface area contributed by atoms with E-state index in [0.29, 0.717) is 0 Å². The number of anilines is 12. The van der Waals surface area contributed by atoms with Crippen LogP contribution < -0.4 is 61.9 Å². The van der Waals surface area contributed by atoms with Gasteiger partial charge in [-0.2, -0.15) is 0 Å². The maximum Gasteiger partial charge on any atom is 0.257 e. The average Bonchev–Trinajstić information content (AvgIpc) is 0.763. The van der Waals surface area contributed by atoms with Crippen molar-refractivity contribution in [1.82, 2.24) is 0 Å². The van der Waals surface area contributed by atoms with Crippen molar-refractivity contribution in [3.8, 4) is 45.3 Å². The Hall–Kier alpha value is -11.2. The summed E-state index contributed by atoms with van der Waals surface area (Å²) in [6.45, 7) is -0.598. The molecule has 86 heavy (non-hydrogen) atoms. The van der Waals surface area contributed by atoms with Gasteiger partial charge in [0.1, 0.15) is 23.0 Å². The Morgan fingerprint density at radius 3 is 0.919 bits per heavy atom. The molecule has 0 saturated heterocycles. The molecule has 0 spiro atoms.